The van der Waals surface area contributed by atoms with E-state index in [1.807, 2.05) is 0 Å². The summed E-state index contributed by atoms with van der Waals surface area (Å²) in [7, 11) is -3.25. The van der Waals surface area contributed by atoms with Gasteiger partial charge in [0.05, 0.1) is 0 Å². The fraction of sp³-hybridized carbons (Fsp3) is 0. The third kappa shape index (κ3) is 82.6. The molecule has 0 spiro atoms. The van der Waals surface area contributed by atoms with Crippen LogP contribution in [0.2, 0.25) is 0 Å². The average molecular weight is 172 g/mol. The van der Waals surface area contributed by atoms with Gasteiger partial charge in [0.15, 0.2) is 0 Å². The predicted octanol–water partition coefficient (Wildman–Crippen LogP) is -3.01. The van der Waals surface area contributed by atoms with Gasteiger partial charge in [-0.3, -0.25) is 4.55 Å². The van der Waals surface area contributed by atoms with Crippen LogP contribution in [0.5, 0.6) is 0 Å². The van der Waals surface area contributed by atoms with E-state index in [9.17, 15) is 4.21 Å². The molecule has 0 aliphatic carbocycles. The molecule has 0 saturated heterocycles. The molecule has 0 aromatic heterocycles. The second kappa shape index (κ2) is 5.90. The van der Waals surface area contributed by atoms with E-state index < -0.39 is 8.28 Å². The van der Waals surface area contributed by atoms with Crippen molar-refractivity contribution in [2.45, 2.75) is 0 Å². The van der Waals surface area contributed by atoms with Crippen LogP contribution in [0, 0.1) is 0 Å². The van der Waals surface area contributed by atoms with Crippen molar-refractivity contribution in [3.8, 4) is 0 Å². The summed E-state index contributed by atoms with van der Waals surface area (Å²) in [6, 6.07) is 0. The van der Waals surface area contributed by atoms with Gasteiger partial charge in [-0.25, -0.2) is 0 Å². The minimum atomic E-state index is -3.25. The number of hydrogen-bond acceptors (Lipinski definition) is 2. The molecular formula is H5NaO3S3. The van der Waals surface area contributed by atoms with Gasteiger partial charge in [-0.15, -0.1) is 8.28 Å². The van der Waals surface area contributed by atoms with E-state index in [0.29, 0.717) is 0 Å². The predicted molar refractivity (Wildman–Crippen MR) is 32.1 cm³/mol. The zero-order chi connectivity index (χ0) is 4.50. The minimum absolute atomic E-state index is 0. The Bertz CT molecular complexity index is 56.3. The van der Waals surface area contributed by atoms with E-state index in [-0.39, 0.29) is 35.0 Å². The third-order valence-corrected chi connectivity index (χ3v) is 0. The fourth-order valence-corrected chi connectivity index (χ4v) is 0. The Balaban J connectivity index is -0.0000000800. The standard InChI is InChI=1S/Na.H4O2S3.H2O/c;1-5(2,3)4;/h;5H,(H3,1,2,3,4);1H2/q+1;;/p-1. The zero-order valence-corrected chi connectivity index (χ0v) is 8.33. The summed E-state index contributed by atoms with van der Waals surface area (Å²) in [6.07, 6.45) is 0. The van der Waals surface area contributed by atoms with Crippen molar-refractivity contribution in [1.29, 1.82) is 0 Å². The Hall–Kier alpha value is 1.77. The molecule has 42 valence electrons. The van der Waals surface area contributed by atoms with E-state index in [1.165, 1.54) is 0 Å². The maximum Gasteiger partial charge on any atom is 1.00 e. The Morgan fingerprint density at radius 3 is 1.43 bits per heavy atom. The molecule has 0 heterocycles. The van der Waals surface area contributed by atoms with Gasteiger partial charge in [0.2, 0.25) is 0 Å². The molecule has 0 atom stereocenters. The average Bonchev–Trinajstić information content (AvgIpc) is 0.722. The molecule has 0 aromatic rings. The first-order valence-electron chi connectivity index (χ1n) is 0.783. The smallest absolute Gasteiger partial charge is 0.870 e. The van der Waals surface area contributed by atoms with Crippen LogP contribution in [0.1, 0.15) is 0 Å². The quantitative estimate of drug-likeness (QED) is 0.179. The molecule has 2 N–H and O–H groups in total. The fourth-order valence-electron chi connectivity index (χ4n) is 0. The summed E-state index contributed by atoms with van der Waals surface area (Å²) in [4.78, 5) is 0. The van der Waals surface area contributed by atoms with Gasteiger partial charge in [0, 0.05) is 0 Å². The van der Waals surface area contributed by atoms with Crippen molar-refractivity contribution in [2.24, 2.45) is 0 Å². The van der Waals surface area contributed by atoms with Gasteiger partial charge in [-0.05, 0) is 23.3 Å². The van der Waals surface area contributed by atoms with Crippen molar-refractivity contribution in [3.05, 3.63) is 0 Å². The molecule has 0 saturated carbocycles. The Morgan fingerprint density at radius 1 is 1.43 bits per heavy atom. The van der Waals surface area contributed by atoms with Crippen LogP contribution in [-0.4, -0.2) is 14.2 Å². The molecule has 0 fully saturated rings. The van der Waals surface area contributed by atoms with E-state index in [0.717, 1.165) is 0 Å². The Kier molecular flexibility index (Phi) is 13.4. The van der Waals surface area contributed by atoms with Crippen molar-refractivity contribution < 1.29 is 43.8 Å². The topological polar surface area (TPSA) is 67.3 Å². The summed E-state index contributed by atoms with van der Waals surface area (Å²) in [5.41, 5.74) is 0. The number of hydrogen-bond donors (Lipinski definition) is 4. The van der Waals surface area contributed by atoms with E-state index >= 15 is 0 Å². The third-order valence-electron chi connectivity index (χ3n) is 0. The van der Waals surface area contributed by atoms with Gasteiger partial charge in [0.1, 0.15) is 0 Å². The van der Waals surface area contributed by atoms with Crippen LogP contribution >= 0.6 is 23.3 Å². The molecule has 3 nitrogen and oxygen atoms in total. The Labute approximate surface area is 74.7 Å². The Morgan fingerprint density at radius 2 is 1.43 bits per heavy atom. The van der Waals surface area contributed by atoms with Gasteiger partial charge in [0.25, 0.3) is 0 Å². The van der Waals surface area contributed by atoms with Crippen LogP contribution in [0.25, 0.3) is 0 Å². The molecule has 0 rings (SSSR count). The second-order valence-electron chi connectivity index (χ2n) is 0.513. The monoisotopic (exact) mass is 172 g/mol. The van der Waals surface area contributed by atoms with Crippen molar-refractivity contribution in [1.82, 2.24) is 0 Å². The second-order valence-corrected chi connectivity index (χ2v) is 5.74. The van der Waals surface area contributed by atoms with E-state index in [1.54, 1.807) is 0 Å². The van der Waals surface area contributed by atoms with Gasteiger partial charge in [-0.2, -0.15) is 4.21 Å². The molecule has 7 heteroatoms. The van der Waals surface area contributed by atoms with Crippen molar-refractivity contribution in [3.63, 3.8) is 0 Å². The molecule has 0 aliphatic heterocycles. The molecule has 0 radical (unpaired) electrons. The summed E-state index contributed by atoms with van der Waals surface area (Å²) in [6.45, 7) is 0. The number of rotatable bonds is 0. The summed E-state index contributed by atoms with van der Waals surface area (Å²) in [5.74, 6) is 0. The van der Waals surface area contributed by atoms with E-state index in [2.05, 4.69) is 23.3 Å². The van der Waals surface area contributed by atoms with Gasteiger partial charge in [-0.1, -0.05) is 0 Å². The van der Waals surface area contributed by atoms with Crippen LogP contribution in [-0.2, 0) is 8.28 Å². The van der Waals surface area contributed by atoms with Crippen LogP contribution in [0.15, 0.2) is 0 Å². The minimum Gasteiger partial charge on any atom is -0.870 e. The maximum atomic E-state index is 9.50. The summed E-state index contributed by atoms with van der Waals surface area (Å²) in [5, 5.41) is 0. The molecule has 0 amide bonds. The van der Waals surface area contributed by atoms with Crippen molar-refractivity contribution >= 4 is 31.6 Å². The first-order valence-corrected chi connectivity index (χ1v) is 4.75. The molecule has 0 aromatic carbocycles. The van der Waals surface area contributed by atoms with Gasteiger partial charge >= 0.3 is 29.6 Å². The van der Waals surface area contributed by atoms with Crippen LogP contribution in [0.4, 0.5) is 0 Å². The van der Waals surface area contributed by atoms with Gasteiger partial charge < -0.3 is 5.48 Å². The SMILES string of the molecule is O=[SH](O)(S)S.[Na+].[OH-]. The maximum absolute atomic E-state index is 9.50. The first-order chi connectivity index (χ1) is 2.00. The van der Waals surface area contributed by atoms with Crippen molar-refractivity contribution in [2.75, 3.05) is 0 Å². The van der Waals surface area contributed by atoms with Crippen LogP contribution in [0.3, 0.4) is 0 Å². The zero-order valence-electron chi connectivity index (χ0n) is 3.64. The summed E-state index contributed by atoms with van der Waals surface area (Å²) < 4.78 is 17.3. The first kappa shape index (κ1) is 15.9. The van der Waals surface area contributed by atoms with E-state index in [4.69, 9.17) is 4.55 Å². The molecule has 0 aliphatic rings. The van der Waals surface area contributed by atoms with Crippen LogP contribution < -0.4 is 29.6 Å². The molecular weight excluding hydrogens is 167 g/mol. The largest absolute Gasteiger partial charge is 1.00 e. The summed E-state index contributed by atoms with van der Waals surface area (Å²) >= 11 is 6.20. The molecule has 7 heavy (non-hydrogen) atoms. The molecule has 0 bridgehead atoms. The normalized spacial score (nSPS) is 10.7. The number of thiol groups is 3. The molecule has 0 unspecified atom stereocenters.